The van der Waals surface area contributed by atoms with E-state index in [1.54, 1.807) is 16.9 Å². The summed E-state index contributed by atoms with van der Waals surface area (Å²) in [5.41, 5.74) is 2.09. The van der Waals surface area contributed by atoms with Crippen molar-refractivity contribution in [2.45, 2.75) is 19.6 Å². The van der Waals surface area contributed by atoms with Gasteiger partial charge in [-0.15, -0.1) is 0 Å². The summed E-state index contributed by atoms with van der Waals surface area (Å²) in [6, 6.07) is 7.36. The molecule has 3 N–H and O–H groups in total. The molecule has 1 saturated heterocycles. The molecule has 0 radical (unpaired) electrons. The maximum atomic E-state index is 12.1. The number of morpholine rings is 1. The largest absolute Gasteiger partial charge is 0.387 e. The number of ether oxygens (including phenoxy) is 1. The Kier molecular flexibility index (Phi) is 7.34. The number of aliphatic hydroxyl groups excluding tert-OH is 1. The monoisotopic (exact) mass is 401 g/mol. The predicted octanol–water partition coefficient (Wildman–Crippen LogP) is 0.312. The van der Waals surface area contributed by atoms with Crippen molar-refractivity contribution in [1.82, 2.24) is 20.0 Å². The van der Waals surface area contributed by atoms with Crippen LogP contribution in [0.1, 0.15) is 17.2 Å². The lowest BCUT2D eigenvalue weighted by Crippen LogP contribution is -2.38. The van der Waals surface area contributed by atoms with E-state index in [0.29, 0.717) is 12.2 Å². The van der Waals surface area contributed by atoms with Gasteiger partial charge in [-0.1, -0.05) is 24.3 Å². The maximum absolute atomic E-state index is 12.1. The van der Waals surface area contributed by atoms with Crippen molar-refractivity contribution in [3.8, 4) is 0 Å². The lowest BCUT2D eigenvalue weighted by atomic mass is 10.0. The predicted molar refractivity (Wildman–Crippen MR) is 107 cm³/mol. The Hall–Kier alpha value is -2.75. The first-order valence-electron chi connectivity index (χ1n) is 9.68. The molecule has 2 aromatic rings. The number of carbonyl (C=O) groups is 2. The molecular formula is C20H27N5O4. The average molecular weight is 401 g/mol. The van der Waals surface area contributed by atoms with E-state index in [2.05, 4.69) is 20.6 Å². The smallest absolute Gasteiger partial charge is 0.313 e. The van der Waals surface area contributed by atoms with E-state index in [1.807, 2.05) is 25.1 Å². The molecule has 0 spiro atoms. The number of amides is 2. The molecule has 29 heavy (non-hydrogen) atoms. The first kappa shape index (κ1) is 21.0. The van der Waals surface area contributed by atoms with Gasteiger partial charge in [0.25, 0.3) is 0 Å². The minimum absolute atomic E-state index is 0.0457. The van der Waals surface area contributed by atoms with Gasteiger partial charge in [-0.25, -0.2) is 0 Å². The number of benzene rings is 1. The Balaban J connectivity index is 1.43. The average Bonchev–Trinajstić information content (AvgIpc) is 3.18. The molecule has 3 rings (SSSR count). The summed E-state index contributed by atoms with van der Waals surface area (Å²) in [6.45, 7) is 6.65. The van der Waals surface area contributed by atoms with Crippen LogP contribution in [0.5, 0.6) is 0 Å². The minimum atomic E-state index is -0.879. The molecule has 0 bridgehead atoms. The number of rotatable bonds is 7. The number of anilines is 1. The van der Waals surface area contributed by atoms with Gasteiger partial charge in [-0.05, 0) is 18.1 Å². The summed E-state index contributed by atoms with van der Waals surface area (Å²) >= 11 is 0. The van der Waals surface area contributed by atoms with E-state index in [0.717, 1.165) is 44.0 Å². The SMILES string of the molecule is Cc1ccccc1C(O)CNC(=O)C(=O)Nc1cnn(CCN2CCOCC2)c1. The highest BCUT2D eigenvalue weighted by Crippen LogP contribution is 2.16. The lowest BCUT2D eigenvalue weighted by Gasteiger charge is -2.26. The summed E-state index contributed by atoms with van der Waals surface area (Å²) in [6.07, 6.45) is 2.32. The third-order valence-electron chi connectivity index (χ3n) is 4.85. The van der Waals surface area contributed by atoms with Crippen molar-refractivity contribution in [2.75, 3.05) is 44.7 Å². The number of nitrogens with zero attached hydrogens (tertiary/aromatic N) is 3. The first-order valence-corrected chi connectivity index (χ1v) is 9.68. The van der Waals surface area contributed by atoms with Gasteiger partial charge < -0.3 is 20.5 Å². The van der Waals surface area contributed by atoms with Crippen LogP contribution < -0.4 is 10.6 Å². The van der Waals surface area contributed by atoms with Crippen LogP contribution in [0.4, 0.5) is 5.69 Å². The number of hydrogen-bond acceptors (Lipinski definition) is 6. The van der Waals surface area contributed by atoms with Crippen LogP contribution in [0.3, 0.4) is 0 Å². The van der Waals surface area contributed by atoms with E-state index in [-0.39, 0.29) is 6.54 Å². The number of aromatic nitrogens is 2. The van der Waals surface area contributed by atoms with Gasteiger partial charge in [0.1, 0.15) is 0 Å². The molecular weight excluding hydrogens is 374 g/mol. The van der Waals surface area contributed by atoms with Crippen molar-refractivity contribution in [2.24, 2.45) is 0 Å². The van der Waals surface area contributed by atoms with Gasteiger partial charge in [0.05, 0.1) is 37.7 Å². The van der Waals surface area contributed by atoms with Gasteiger partial charge >= 0.3 is 11.8 Å². The normalized spacial score (nSPS) is 15.7. The van der Waals surface area contributed by atoms with Crippen LogP contribution in [0, 0.1) is 6.92 Å². The molecule has 1 unspecified atom stereocenters. The van der Waals surface area contributed by atoms with Crippen molar-refractivity contribution >= 4 is 17.5 Å². The van der Waals surface area contributed by atoms with Gasteiger partial charge in [-0.2, -0.15) is 5.10 Å². The second-order valence-corrected chi connectivity index (χ2v) is 6.98. The minimum Gasteiger partial charge on any atom is -0.387 e. The molecule has 2 heterocycles. The van der Waals surface area contributed by atoms with Crippen LogP contribution in [0.2, 0.25) is 0 Å². The number of hydrogen-bond donors (Lipinski definition) is 3. The van der Waals surface area contributed by atoms with E-state index in [4.69, 9.17) is 4.74 Å². The Labute approximate surface area is 169 Å². The molecule has 1 aromatic heterocycles. The molecule has 1 aliphatic rings. The van der Waals surface area contributed by atoms with Crippen molar-refractivity contribution in [3.05, 3.63) is 47.8 Å². The van der Waals surface area contributed by atoms with Gasteiger partial charge in [0.2, 0.25) is 0 Å². The molecule has 9 heteroatoms. The number of nitrogens with one attached hydrogen (secondary N) is 2. The number of aryl methyl sites for hydroxylation is 1. The second kappa shape index (κ2) is 10.1. The molecule has 1 fully saturated rings. The fourth-order valence-corrected chi connectivity index (χ4v) is 3.15. The molecule has 156 valence electrons. The fraction of sp³-hybridized carbons (Fsp3) is 0.450. The third-order valence-corrected chi connectivity index (χ3v) is 4.85. The fourth-order valence-electron chi connectivity index (χ4n) is 3.15. The van der Waals surface area contributed by atoms with Crippen LogP contribution in [0.15, 0.2) is 36.7 Å². The van der Waals surface area contributed by atoms with Crippen LogP contribution in [-0.4, -0.2) is 71.0 Å². The summed E-state index contributed by atoms with van der Waals surface area (Å²) in [4.78, 5) is 26.4. The molecule has 2 amide bonds. The quantitative estimate of drug-likeness (QED) is 0.577. The van der Waals surface area contributed by atoms with Crippen molar-refractivity contribution < 1.29 is 19.4 Å². The molecule has 1 aliphatic heterocycles. The van der Waals surface area contributed by atoms with Crippen LogP contribution >= 0.6 is 0 Å². The number of carbonyl (C=O) groups excluding carboxylic acids is 2. The van der Waals surface area contributed by atoms with E-state index in [9.17, 15) is 14.7 Å². The molecule has 9 nitrogen and oxygen atoms in total. The summed E-state index contributed by atoms with van der Waals surface area (Å²) < 4.78 is 7.05. The molecule has 1 atom stereocenters. The Bertz CT molecular complexity index is 832. The summed E-state index contributed by atoms with van der Waals surface area (Å²) in [7, 11) is 0. The Morgan fingerprint density at radius 2 is 1.97 bits per heavy atom. The Morgan fingerprint density at radius 1 is 1.21 bits per heavy atom. The topological polar surface area (TPSA) is 109 Å². The lowest BCUT2D eigenvalue weighted by molar-refractivity contribution is -0.136. The van der Waals surface area contributed by atoms with Crippen molar-refractivity contribution in [3.63, 3.8) is 0 Å². The standard InChI is InChI=1S/C20H27N5O4/c1-15-4-2-3-5-17(15)18(26)13-21-19(27)20(28)23-16-12-22-25(14-16)7-6-24-8-10-29-11-9-24/h2-5,12,14,18,26H,6-11,13H2,1H3,(H,21,27)(H,23,28). The van der Waals surface area contributed by atoms with Gasteiger partial charge in [-0.3, -0.25) is 19.2 Å². The number of aliphatic hydroxyl groups is 1. The van der Waals surface area contributed by atoms with E-state index >= 15 is 0 Å². The third kappa shape index (κ3) is 6.11. The zero-order valence-corrected chi connectivity index (χ0v) is 16.5. The zero-order chi connectivity index (χ0) is 20.6. The second-order valence-electron chi connectivity index (χ2n) is 6.98. The van der Waals surface area contributed by atoms with E-state index < -0.39 is 17.9 Å². The Morgan fingerprint density at radius 3 is 2.72 bits per heavy atom. The van der Waals surface area contributed by atoms with E-state index in [1.165, 1.54) is 6.20 Å². The maximum Gasteiger partial charge on any atom is 0.313 e. The van der Waals surface area contributed by atoms with Crippen LogP contribution in [0.25, 0.3) is 0 Å². The first-order chi connectivity index (χ1) is 14.0. The van der Waals surface area contributed by atoms with Crippen molar-refractivity contribution in [1.29, 1.82) is 0 Å². The van der Waals surface area contributed by atoms with Gasteiger partial charge in [0, 0.05) is 32.4 Å². The summed E-state index contributed by atoms with van der Waals surface area (Å²) in [5, 5.41) is 19.4. The molecule has 0 aliphatic carbocycles. The summed E-state index contributed by atoms with van der Waals surface area (Å²) in [5.74, 6) is -1.60. The highest BCUT2D eigenvalue weighted by Gasteiger charge is 2.17. The highest BCUT2D eigenvalue weighted by atomic mass is 16.5. The zero-order valence-electron chi connectivity index (χ0n) is 16.5. The van der Waals surface area contributed by atoms with Crippen LogP contribution in [-0.2, 0) is 20.9 Å². The van der Waals surface area contributed by atoms with Gasteiger partial charge in [0.15, 0.2) is 0 Å². The molecule has 1 aromatic carbocycles. The molecule has 0 saturated carbocycles. The highest BCUT2D eigenvalue weighted by molar-refractivity contribution is 6.39.